The first kappa shape index (κ1) is 14.2. The highest BCUT2D eigenvalue weighted by Gasteiger charge is 2.35. The van der Waals surface area contributed by atoms with E-state index in [2.05, 4.69) is 46.2 Å². The van der Waals surface area contributed by atoms with Crippen LogP contribution in [-0.4, -0.2) is 30.1 Å². The van der Waals surface area contributed by atoms with Crippen molar-refractivity contribution in [2.75, 3.05) is 18.1 Å². The lowest BCUT2D eigenvalue weighted by Crippen LogP contribution is -2.52. The third-order valence-corrected chi connectivity index (χ3v) is 5.71. The molecule has 1 aromatic rings. The number of fused-ring (bicyclic) bond motifs is 2. The van der Waals surface area contributed by atoms with Gasteiger partial charge in [-0.2, -0.15) is 0 Å². The first-order valence-corrected chi connectivity index (χ1v) is 8.38. The van der Waals surface area contributed by atoms with E-state index in [-0.39, 0.29) is 0 Å². The number of nitrogen functional groups attached to an aromatic ring is 1. The number of hydrogen-bond donors (Lipinski definition) is 2. The Bertz CT molecular complexity index is 489. The number of hydrogen-bond acceptors (Lipinski definition) is 3. The first-order valence-electron chi connectivity index (χ1n) is 7.58. The van der Waals surface area contributed by atoms with Gasteiger partial charge in [0, 0.05) is 34.0 Å². The Morgan fingerprint density at radius 3 is 2.55 bits per heavy atom. The molecule has 2 saturated heterocycles. The molecule has 3 rings (SSSR count). The number of nitrogens with two attached hydrogens (primary N) is 1. The van der Waals surface area contributed by atoms with Gasteiger partial charge in [-0.05, 0) is 73.3 Å². The van der Waals surface area contributed by atoms with Gasteiger partial charge in [0.1, 0.15) is 0 Å². The lowest BCUT2D eigenvalue weighted by atomic mass is 9.82. The van der Waals surface area contributed by atoms with Gasteiger partial charge < -0.3 is 16.0 Å². The minimum Gasteiger partial charge on any atom is -0.398 e. The van der Waals surface area contributed by atoms with Gasteiger partial charge in [-0.15, -0.1) is 0 Å². The smallest absolute Gasteiger partial charge is 0.0490 e. The molecule has 0 saturated carbocycles. The van der Waals surface area contributed by atoms with Gasteiger partial charge in [0.05, 0.1) is 0 Å². The van der Waals surface area contributed by atoms with E-state index in [1.807, 2.05) is 6.07 Å². The molecule has 2 aliphatic rings. The monoisotopic (exact) mass is 337 g/mol. The molecule has 3 nitrogen and oxygen atoms in total. The second-order valence-electron chi connectivity index (χ2n) is 6.41. The molecule has 1 aromatic carbocycles. The van der Waals surface area contributed by atoms with E-state index >= 15 is 0 Å². The molecule has 20 heavy (non-hydrogen) atoms. The van der Waals surface area contributed by atoms with Crippen molar-refractivity contribution in [3.05, 3.63) is 22.2 Å². The topological polar surface area (TPSA) is 41.3 Å². The van der Waals surface area contributed by atoms with Crippen LogP contribution in [0.4, 0.5) is 11.4 Å². The Balaban J connectivity index is 1.74. The summed E-state index contributed by atoms with van der Waals surface area (Å²) < 4.78 is 1.07. The van der Waals surface area contributed by atoms with Crippen LogP contribution < -0.4 is 11.1 Å². The van der Waals surface area contributed by atoms with Gasteiger partial charge in [-0.3, -0.25) is 0 Å². The van der Waals surface area contributed by atoms with Crippen molar-refractivity contribution in [1.82, 2.24) is 4.90 Å². The molecule has 3 N–H and O–H groups in total. The number of anilines is 2. The van der Waals surface area contributed by atoms with Crippen LogP contribution in [0.1, 0.15) is 37.7 Å². The fraction of sp³-hybridized carbons (Fsp3) is 0.625. The van der Waals surface area contributed by atoms with Crippen LogP contribution in [-0.2, 0) is 0 Å². The fourth-order valence-corrected chi connectivity index (χ4v) is 4.24. The number of nitrogens with zero attached hydrogens (tertiary/aromatic N) is 1. The normalized spacial score (nSPS) is 30.2. The highest BCUT2D eigenvalue weighted by atomic mass is 79.9. The maximum atomic E-state index is 5.95. The van der Waals surface area contributed by atoms with E-state index in [1.165, 1.54) is 37.8 Å². The maximum Gasteiger partial charge on any atom is 0.0490 e. The zero-order chi connectivity index (χ0) is 14.3. The van der Waals surface area contributed by atoms with E-state index in [4.69, 9.17) is 5.73 Å². The average molecular weight is 338 g/mol. The zero-order valence-electron chi connectivity index (χ0n) is 12.3. The molecule has 2 fully saturated rings. The first-order chi connectivity index (χ1) is 9.54. The van der Waals surface area contributed by atoms with E-state index in [0.717, 1.165) is 27.8 Å². The van der Waals surface area contributed by atoms with Crippen molar-refractivity contribution in [3.63, 3.8) is 0 Å². The lowest BCUT2D eigenvalue weighted by Gasteiger charge is -2.47. The third-order valence-electron chi connectivity index (χ3n) is 5.06. The van der Waals surface area contributed by atoms with E-state index in [9.17, 15) is 0 Å². The van der Waals surface area contributed by atoms with Crippen molar-refractivity contribution < 1.29 is 0 Å². The molecule has 2 unspecified atom stereocenters. The highest BCUT2D eigenvalue weighted by Crippen LogP contribution is 2.35. The van der Waals surface area contributed by atoms with Gasteiger partial charge in [0.25, 0.3) is 0 Å². The molecule has 0 aromatic heterocycles. The molecular weight excluding hydrogens is 314 g/mol. The summed E-state index contributed by atoms with van der Waals surface area (Å²) in [4.78, 5) is 2.60. The van der Waals surface area contributed by atoms with Gasteiger partial charge in [-0.1, -0.05) is 6.42 Å². The standard InChI is InChI=1S/C16H24BrN3/c1-10-6-16(14(17)9-15(10)18)19-11-7-12-4-3-5-13(8-11)20(12)2/h6,9,11-13,19H,3-5,7-8,18H2,1-2H3. The van der Waals surface area contributed by atoms with Crippen LogP contribution in [0.25, 0.3) is 0 Å². The van der Waals surface area contributed by atoms with Crippen molar-refractivity contribution >= 4 is 27.3 Å². The van der Waals surface area contributed by atoms with Crippen LogP contribution in [0, 0.1) is 6.92 Å². The molecule has 2 atom stereocenters. The Hall–Kier alpha value is -0.740. The van der Waals surface area contributed by atoms with Gasteiger partial charge in [0.15, 0.2) is 0 Å². The van der Waals surface area contributed by atoms with Crippen molar-refractivity contribution in [2.24, 2.45) is 0 Å². The summed E-state index contributed by atoms with van der Waals surface area (Å²) in [5, 5.41) is 3.74. The van der Waals surface area contributed by atoms with Gasteiger partial charge in [-0.25, -0.2) is 0 Å². The Kier molecular flexibility index (Phi) is 3.95. The minimum absolute atomic E-state index is 0.584. The molecule has 2 aliphatic heterocycles. The summed E-state index contributed by atoms with van der Waals surface area (Å²) in [6, 6.07) is 6.27. The number of halogens is 1. The summed E-state index contributed by atoms with van der Waals surface area (Å²) in [7, 11) is 2.30. The number of nitrogens with one attached hydrogen (secondary N) is 1. The lowest BCUT2D eigenvalue weighted by molar-refractivity contribution is 0.0608. The van der Waals surface area contributed by atoms with Crippen LogP contribution >= 0.6 is 15.9 Å². The average Bonchev–Trinajstić information content (AvgIpc) is 2.37. The largest absolute Gasteiger partial charge is 0.398 e. The van der Waals surface area contributed by atoms with Crippen LogP contribution in [0.3, 0.4) is 0 Å². The van der Waals surface area contributed by atoms with E-state index in [1.54, 1.807) is 0 Å². The van der Waals surface area contributed by atoms with Crippen LogP contribution in [0.2, 0.25) is 0 Å². The van der Waals surface area contributed by atoms with Gasteiger partial charge >= 0.3 is 0 Å². The second kappa shape index (κ2) is 5.57. The molecule has 0 radical (unpaired) electrons. The Morgan fingerprint density at radius 1 is 1.25 bits per heavy atom. The summed E-state index contributed by atoms with van der Waals surface area (Å²) in [6.07, 6.45) is 6.61. The number of piperidine rings is 2. The minimum atomic E-state index is 0.584. The number of aryl methyl sites for hydroxylation is 1. The van der Waals surface area contributed by atoms with E-state index < -0.39 is 0 Å². The Labute approximate surface area is 130 Å². The molecule has 0 amide bonds. The molecule has 110 valence electrons. The maximum absolute atomic E-state index is 5.95. The van der Waals surface area contributed by atoms with Crippen molar-refractivity contribution in [3.8, 4) is 0 Å². The molecule has 2 bridgehead atoms. The molecular formula is C16H24BrN3. The number of benzene rings is 1. The Morgan fingerprint density at radius 2 is 1.90 bits per heavy atom. The van der Waals surface area contributed by atoms with Crippen molar-refractivity contribution in [2.45, 2.75) is 57.2 Å². The summed E-state index contributed by atoms with van der Waals surface area (Å²) in [5.74, 6) is 0. The zero-order valence-corrected chi connectivity index (χ0v) is 13.9. The predicted molar refractivity (Wildman–Crippen MR) is 89.1 cm³/mol. The second-order valence-corrected chi connectivity index (χ2v) is 7.26. The van der Waals surface area contributed by atoms with Crippen LogP contribution in [0.15, 0.2) is 16.6 Å². The van der Waals surface area contributed by atoms with E-state index in [0.29, 0.717) is 6.04 Å². The summed E-state index contributed by atoms with van der Waals surface area (Å²) in [5.41, 5.74) is 9.13. The molecule has 4 heteroatoms. The SMILES string of the molecule is Cc1cc(NC2CC3CCCC(C2)N3C)c(Br)cc1N. The number of rotatable bonds is 2. The van der Waals surface area contributed by atoms with Crippen LogP contribution in [0.5, 0.6) is 0 Å². The fourth-order valence-electron chi connectivity index (χ4n) is 3.76. The summed E-state index contributed by atoms with van der Waals surface area (Å²) in [6.45, 7) is 2.07. The predicted octanol–water partition coefficient (Wildman–Crippen LogP) is 3.77. The summed E-state index contributed by atoms with van der Waals surface area (Å²) >= 11 is 3.63. The molecule has 0 spiro atoms. The van der Waals surface area contributed by atoms with Crippen molar-refractivity contribution in [1.29, 1.82) is 0 Å². The molecule has 0 aliphatic carbocycles. The van der Waals surface area contributed by atoms with Gasteiger partial charge in [0.2, 0.25) is 0 Å². The third kappa shape index (κ3) is 2.68. The molecule has 2 heterocycles. The highest BCUT2D eigenvalue weighted by molar-refractivity contribution is 9.10. The quantitative estimate of drug-likeness (QED) is 0.807.